The van der Waals surface area contributed by atoms with E-state index in [1.165, 1.54) is 0 Å². The molecule has 2 heteroatoms. The molecule has 0 N–H and O–H groups in total. The van der Waals surface area contributed by atoms with Gasteiger partial charge in [0.05, 0.1) is 25.4 Å². The van der Waals surface area contributed by atoms with E-state index in [9.17, 15) is 0 Å². The molecule has 0 radical (unpaired) electrons. The van der Waals surface area contributed by atoms with Crippen LogP contribution in [-0.4, -0.2) is 25.4 Å². The van der Waals surface area contributed by atoms with Gasteiger partial charge in [-0.15, -0.1) is 0 Å². The lowest BCUT2D eigenvalue weighted by Crippen LogP contribution is -2.33. The molecule has 0 amide bonds. The Hall–Kier alpha value is -0.0800. The molecule has 54 valence electrons. The molecule has 0 aromatic carbocycles. The Morgan fingerprint density at radius 3 is 2.56 bits per heavy atom. The van der Waals surface area contributed by atoms with Gasteiger partial charge in [-0.05, 0) is 13.3 Å². The van der Waals surface area contributed by atoms with Gasteiger partial charge in [-0.25, -0.2) is 0 Å². The standard InChI is InChI=1S/C7H14O2/c1-3-7-5-8-6(2)4-9-7/h6-7H,3-5H2,1-2H3. The zero-order valence-electron chi connectivity index (χ0n) is 6.09. The van der Waals surface area contributed by atoms with Crippen LogP contribution in [-0.2, 0) is 9.47 Å². The van der Waals surface area contributed by atoms with E-state index in [0.29, 0.717) is 12.2 Å². The summed E-state index contributed by atoms with van der Waals surface area (Å²) in [5, 5.41) is 0. The van der Waals surface area contributed by atoms with Gasteiger partial charge in [0.25, 0.3) is 0 Å². The van der Waals surface area contributed by atoms with Gasteiger partial charge >= 0.3 is 0 Å². The summed E-state index contributed by atoms with van der Waals surface area (Å²) in [5.74, 6) is 0. The second-order valence-electron chi connectivity index (χ2n) is 2.51. The quantitative estimate of drug-likeness (QED) is 0.531. The third kappa shape index (κ3) is 1.95. The number of rotatable bonds is 1. The molecule has 9 heavy (non-hydrogen) atoms. The minimum atomic E-state index is 0.299. The first kappa shape index (κ1) is 7.03. The van der Waals surface area contributed by atoms with Gasteiger partial charge in [-0.2, -0.15) is 0 Å². The fourth-order valence-electron chi connectivity index (χ4n) is 0.875. The van der Waals surface area contributed by atoms with Crippen molar-refractivity contribution in [3.63, 3.8) is 0 Å². The molecular weight excluding hydrogens is 116 g/mol. The smallest absolute Gasteiger partial charge is 0.0807 e. The van der Waals surface area contributed by atoms with Gasteiger partial charge in [0, 0.05) is 0 Å². The molecule has 1 aliphatic rings. The molecule has 1 saturated heterocycles. The van der Waals surface area contributed by atoms with E-state index in [1.807, 2.05) is 6.92 Å². The summed E-state index contributed by atoms with van der Waals surface area (Å²) in [5.41, 5.74) is 0. The largest absolute Gasteiger partial charge is 0.373 e. The normalized spacial score (nSPS) is 36.7. The van der Waals surface area contributed by atoms with Crippen LogP contribution >= 0.6 is 0 Å². The summed E-state index contributed by atoms with van der Waals surface area (Å²) >= 11 is 0. The molecule has 1 aliphatic heterocycles. The van der Waals surface area contributed by atoms with Gasteiger partial charge in [0.2, 0.25) is 0 Å². The average Bonchev–Trinajstić information content (AvgIpc) is 1.90. The SMILES string of the molecule is CCC1COC(C)CO1. The minimum absolute atomic E-state index is 0.299. The molecule has 2 atom stereocenters. The van der Waals surface area contributed by atoms with Crippen LogP contribution in [0.15, 0.2) is 0 Å². The number of ether oxygens (including phenoxy) is 2. The first-order chi connectivity index (χ1) is 4.33. The second kappa shape index (κ2) is 3.18. The van der Waals surface area contributed by atoms with Gasteiger partial charge in [0.15, 0.2) is 0 Å². The molecule has 2 nitrogen and oxygen atoms in total. The van der Waals surface area contributed by atoms with Crippen LogP contribution in [0.1, 0.15) is 20.3 Å². The zero-order valence-corrected chi connectivity index (χ0v) is 6.09. The molecule has 2 unspecified atom stereocenters. The molecule has 0 spiro atoms. The van der Waals surface area contributed by atoms with Crippen LogP contribution < -0.4 is 0 Å². The third-order valence-electron chi connectivity index (χ3n) is 1.59. The van der Waals surface area contributed by atoms with E-state index >= 15 is 0 Å². The number of hydrogen-bond acceptors (Lipinski definition) is 2. The maximum Gasteiger partial charge on any atom is 0.0807 e. The van der Waals surface area contributed by atoms with Crippen molar-refractivity contribution in [3.05, 3.63) is 0 Å². The van der Waals surface area contributed by atoms with Crippen molar-refractivity contribution in [1.82, 2.24) is 0 Å². The van der Waals surface area contributed by atoms with E-state index in [1.54, 1.807) is 0 Å². The van der Waals surface area contributed by atoms with Crippen molar-refractivity contribution in [2.24, 2.45) is 0 Å². The van der Waals surface area contributed by atoms with Crippen LogP contribution in [0.2, 0.25) is 0 Å². The van der Waals surface area contributed by atoms with Gasteiger partial charge in [-0.1, -0.05) is 6.92 Å². The fourth-order valence-corrected chi connectivity index (χ4v) is 0.875. The maximum atomic E-state index is 5.41. The lowest BCUT2D eigenvalue weighted by molar-refractivity contribution is -0.126. The molecule has 0 aliphatic carbocycles. The van der Waals surface area contributed by atoms with Crippen molar-refractivity contribution in [3.8, 4) is 0 Å². The van der Waals surface area contributed by atoms with Crippen LogP contribution in [0, 0.1) is 0 Å². The molecule has 0 aromatic heterocycles. The maximum absolute atomic E-state index is 5.41. The molecule has 1 rings (SSSR count). The molecule has 0 saturated carbocycles. The van der Waals surface area contributed by atoms with Crippen LogP contribution in [0.5, 0.6) is 0 Å². The Kier molecular flexibility index (Phi) is 2.49. The summed E-state index contributed by atoms with van der Waals surface area (Å²) < 4.78 is 10.8. The highest BCUT2D eigenvalue weighted by molar-refractivity contribution is 4.62. The second-order valence-corrected chi connectivity index (χ2v) is 2.51. The summed E-state index contributed by atoms with van der Waals surface area (Å²) in [6.45, 7) is 5.69. The van der Waals surface area contributed by atoms with E-state index in [2.05, 4.69) is 6.92 Å². The van der Waals surface area contributed by atoms with E-state index in [-0.39, 0.29) is 0 Å². The minimum Gasteiger partial charge on any atom is -0.373 e. The van der Waals surface area contributed by atoms with Crippen LogP contribution in [0.3, 0.4) is 0 Å². The summed E-state index contributed by atoms with van der Waals surface area (Å²) in [4.78, 5) is 0. The van der Waals surface area contributed by atoms with Gasteiger partial charge in [0.1, 0.15) is 0 Å². The number of hydrogen-bond donors (Lipinski definition) is 0. The fraction of sp³-hybridized carbons (Fsp3) is 1.00. The Balaban J connectivity index is 2.18. The monoisotopic (exact) mass is 130 g/mol. The summed E-state index contributed by atoms with van der Waals surface area (Å²) in [6, 6.07) is 0. The Morgan fingerprint density at radius 2 is 2.11 bits per heavy atom. The Bertz CT molecular complexity index is 75.0. The van der Waals surface area contributed by atoms with Crippen molar-refractivity contribution >= 4 is 0 Å². The molecule has 1 heterocycles. The first-order valence-corrected chi connectivity index (χ1v) is 3.56. The highest BCUT2D eigenvalue weighted by Crippen LogP contribution is 2.08. The van der Waals surface area contributed by atoms with Gasteiger partial charge in [-0.3, -0.25) is 0 Å². The summed E-state index contributed by atoms with van der Waals surface area (Å²) in [7, 11) is 0. The third-order valence-corrected chi connectivity index (χ3v) is 1.59. The van der Waals surface area contributed by atoms with Crippen molar-refractivity contribution in [1.29, 1.82) is 0 Å². The lowest BCUT2D eigenvalue weighted by Gasteiger charge is -2.26. The lowest BCUT2D eigenvalue weighted by atomic mass is 10.2. The van der Waals surface area contributed by atoms with Crippen molar-refractivity contribution in [2.45, 2.75) is 32.5 Å². The molecular formula is C7H14O2. The molecule has 0 bridgehead atoms. The van der Waals surface area contributed by atoms with Crippen LogP contribution in [0.4, 0.5) is 0 Å². The highest BCUT2D eigenvalue weighted by Gasteiger charge is 2.16. The average molecular weight is 130 g/mol. The van der Waals surface area contributed by atoms with Crippen LogP contribution in [0.25, 0.3) is 0 Å². The summed E-state index contributed by atoms with van der Waals surface area (Å²) in [6.07, 6.45) is 1.71. The predicted octanol–water partition coefficient (Wildman–Crippen LogP) is 1.20. The molecule has 1 fully saturated rings. The Morgan fingerprint density at radius 1 is 1.33 bits per heavy atom. The van der Waals surface area contributed by atoms with Crippen molar-refractivity contribution < 1.29 is 9.47 Å². The van der Waals surface area contributed by atoms with E-state index in [0.717, 1.165) is 19.6 Å². The van der Waals surface area contributed by atoms with Crippen molar-refractivity contribution in [2.75, 3.05) is 13.2 Å². The highest BCUT2D eigenvalue weighted by atomic mass is 16.6. The van der Waals surface area contributed by atoms with Gasteiger partial charge < -0.3 is 9.47 Å². The topological polar surface area (TPSA) is 18.5 Å². The van der Waals surface area contributed by atoms with E-state index < -0.39 is 0 Å². The molecule has 0 aromatic rings. The first-order valence-electron chi connectivity index (χ1n) is 3.56. The Labute approximate surface area is 56.2 Å². The predicted molar refractivity (Wildman–Crippen MR) is 35.4 cm³/mol. The van der Waals surface area contributed by atoms with E-state index in [4.69, 9.17) is 9.47 Å². The zero-order chi connectivity index (χ0) is 6.69.